The zero-order chi connectivity index (χ0) is 22.5. The molecule has 0 bridgehead atoms. The second-order valence-electron chi connectivity index (χ2n) is 7.28. The maximum absolute atomic E-state index is 12.8. The van der Waals surface area contributed by atoms with E-state index in [4.69, 9.17) is 17.0 Å². The van der Waals surface area contributed by atoms with E-state index in [1.54, 1.807) is 79.7 Å². The summed E-state index contributed by atoms with van der Waals surface area (Å²) in [5.41, 5.74) is 3.40. The van der Waals surface area contributed by atoms with Gasteiger partial charge in [0.15, 0.2) is 0 Å². The summed E-state index contributed by atoms with van der Waals surface area (Å²) >= 11 is 5.89. The van der Waals surface area contributed by atoms with Crippen LogP contribution in [0.15, 0.2) is 66.7 Å². The lowest BCUT2D eigenvalue weighted by Crippen LogP contribution is -2.22. The zero-order valence-corrected chi connectivity index (χ0v) is 18.2. The normalized spacial score (nSPS) is 10.3. The van der Waals surface area contributed by atoms with Gasteiger partial charge in [-0.2, -0.15) is 0 Å². The van der Waals surface area contributed by atoms with Crippen LogP contribution in [0, 0.1) is 12.3 Å². The molecule has 0 aliphatic carbocycles. The summed E-state index contributed by atoms with van der Waals surface area (Å²) in [6, 6.07) is 18.8. The summed E-state index contributed by atoms with van der Waals surface area (Å²) in [6.07, 6.45) is 0. The minimum Gasteiger partial charge on any atom is -0.363 e. The fourth-order valence-electron chi connectivity index (χ4n) is 2.92. The molecule has 7 heteroatoms. The molecule has 0 saturated heterocycles. The Morgan fingerprint density at radius 2 is 1.45 bits per heavy atom. The van der Waals surface area contributed by atoms with E-state index in [1.807, 2.05) is 13.0 Å². The van der Waals surface area contributed by atoms with Crippen LogP contribution in [0.25, 0.3) is 0 Å². The van der Waals surface area contributed by atoms with Crippen molar-refractivity contribution >= 4 is 40.6 Å². The Morgan fingerprint density at radius 1 is 0.839 bits per heavy atom. The Hall–Kier alpha value is -3.64. The van der Waals surface area contributed by atoms with Gasteiger partial charge in [-0.1, -0.05) is 35.4 Å². The highest BCUT2D eigenvalue weighted by Crippen LogP contribution is 2.21. The lowest BCUT2D eigenvalue weighted by molar-refractivity contribution is 0.102. The van der Waals surface area contributed by atoms with Crippen molar-refractivity contribution in [3.8, 4) is 0 Å². The van der Waals surface area contributed by atoms with Crippen LogP contribution in [-0.2, 0) is 0 Å². The van der Waals surface area contributed by atoms with Crippen LogP contribution in [0.3, 0.4) is 0 Å². The summed E-state index contributed by atoms with van der Waals surface area (Å²) in [4.78, 5) is 27.3. The van der Waals surface area contributed by atoms with E-state index in [-0.39, 0.29) is 11.8 Å². The average Bonchev–Trinajstić information content (AvgIpc) is 2.76. The van der Waals surface area contributed by atoms with E-state index in [0.29, 0.717) is 38.9 Å². The molecule has 6 nitrogen and oxygen atoms in total. The molecule has 0 fully saturated rings. The zero-order valence-electron chi connectivity index (χ0n) is 17.5. The minimum absolute atomic E-state index is 0.337. The van der Waals surface area contributed by atoms with Crippen LogP contribution in [-0.4, -0.2) is 36.6 Å². The number of hydrogen-bond donors (Lipinski definition) is 3. The molecule has 0 heterocycles. The fourth-order valence-corrected chi connectivity index (χ4v) is 3.04. The Labute approximate surface area is 186 Å². The average molecular weight is 435 g/mol. The number of nitrogens with zero attached hydrogens (tertiary/aromatic N) is 1. The standard InChI is InChI=1S/C24H23ClN4O2/c1-15-4-13-21(20(14-15)24(31)27-19-11-9-18(25)10-12-19)28-23(30)17-7-5-16(6-8-17)22(26)29(2)3/h4-14,26H,1-3H3,(H,27,31)(H,28,30). The number of aryl methyl sites for hydroxylation is 1. The first-order chi connectivity index (χ1) is 14.7. The van der Waals surface area contributed by atoms with Crippen molar-refractivity contribution in [2.24, 2.45) is 0 Å². The van der Waals surface area contributed by atoms with Gasteiger partial charge in [0, 0.05) is 35.9 Å². The highest BCUT2D eigenvalue weighted by atomic mass is 35.5. The quantitative estimate of drug-likeness (QED) is 0.388. The van der Waals surface area contributed by atoms with Gasteiger partial charge in [0.25, 0.3) is 11.8 Å². The van der Waals surface area contributed by atoms with E-state index in [9.17, 15) is 9.59 Å². The summed E-state index contributed by atoms with van der Waals surface area (Å²) in [5.74, 6) is -0.324. The highest BCUT2D eigenvalue weighted by Gasteiger charge is 2.16. The van der Waals surface area contributed by atoms with Gasteiger partial charge in [-0.15, -0.1) is 0 Å². The summed E-state index contributed by atoms with van der Waals surface area (Å²) < 4.78 is 0. The molecular formula is C24H23ClN4O2. The van der Waals surface area contributed by atoms with E-state index in [0.717, 1.165) is 5.56 Å². The number of carbonyl (C=O) groups excluding carboxylic acids is 2. The monoisotopic (exact) mass is 434 g/mol. The molecule has 3 N–H and O–H groups in total. The maximum atomic E-state index is 12.8. The number of halogens is 1. The molecule has 0 aromatic heterocycles. The Kier molecular flexibility index (Phi) is 6.72. The molecule has 0 atom stereocenters. The smallest absolute Gasteiger partial charge is 0.257 e. The second kappa shape index (κ2) is 9.45. The van der Waals surface area contributed by atoms with Gasteiger partial charge < -0.3 is 15.5 Å². The van der Waals surface area contributed by atoms with Crippen molar-refractivity contribution in [2.45, 2.75) is 6.92 Å². The third kappa shape index (κ3) is 5.49. The Bertz CT molecular complexity index is 1120. The predicted octanol–water partition coefficient (Wildman–Crippen LogP) is 5.04. The highest BCUT2D eigenvalue weighted by molar-refractivity contribution is 6.30. The third-order valence-corrected chi connectivity index (χ3v) is 4.89. The number of benzene rings is 3. The number of carbonyl (C=O) groups is 2. The molecular weight excluding hydrogens is 412 g/mol. The largest absolute Gasteiger partial charge is 0.363 e. The van der Waals surface area contributed by atoms with Crippen LogP contribution < -0.4 is 10.6 Å². The SMILES string of the molecule is Cc1ccc(NC(=O)c2ccc(C(=N)N(C)C)cc2)c(C(=O)Nc2ccc(Cl)cc2)c1. The Morgan fingerprint density at radius 3 is 2.06 bits per heavy atom. The number of nitrogens with one attached hydrogen (secondary N) is 3. The molecule has 3 rings (SSSR count). The second-order valence-corrected chi connectivity index (χ2v) is 7.72. The molecule has 0 spiro atoms. The van der Waals surface area contributed by atoms with Gasteiger partial charge in [-0.25, -0.2) is 0 Å². The van der Waals surface area contributed by atoms with Crippen molar-refractivity contribution in [1.82, 2.24) is 4.90 Å². The molecule has 0 aliphatic rings. The molecule has 158 valence electrons. The van der Waals surface area contributed by atoms with Crippen molar-refractivity contribution in [1.29, 1.82) is 5.41 Å². The van der Waals surface area contributed by atoms with Crippen molar-refractivity contribution in [2.75, 3.05) is 24.7 Å². The van der Waals surface area contributed by atoms with E-state index in [1.165, 1.54) is 0 Å². The molecule has 0 saturated carbocycles. The van der Waals surface area contributed by atoms with Crippen LogP contribution in [0.5, 0.6) is 0 Å². The van der Waals surface area contributed by atoms with Crippen LogP contribution in [0.2, 0.25) is 5.02 Å². The first-order valence-corrected chi connectivity index (χ1v) is 9.97. The van der Waals surface area contributed by atoms with Crippen LogP contribution in [0.4, 0.5) is 11.4 Å². The van der Waals surface area contributed by atoms with Gasteiger partial charge >= 0.3 is 0 Å². The predicted molar refractivity (Wildman–Crippen MR) is 125 cm³/mol. The summed E-state index contributed by atoms with van der Waals surface area (Å²) in [7, 11) is 3.58. The van der Waals surface area contributed by atoms with Crippen LogP contribution in [0.1, 0.15) is 31.8 Å². The van der Waals surface area contributed by atoms with Crippen molar-refractivity contribution < 1.29 is 9.59 Å². The molecule has 2 amide bonds. The van der Waals surface area contributed by atoms with E-state index in [2.05, 4.69) is 10.6 Å². The van der Waals surface area contributed by atoms with Crippen molar-refractivity contribution in [3.05, 3.63) is 94.0 Å². The number of hydrogen-bond acceptors (Lipinski definition) is 3. The molecule has 3 aromatic carbocycles. The minimum atomic E-state index is -0.340. The maximum Gasteiger partial charge on any atom is 0.257 e. The van der Waals surface area contributed by atoms with Crippen LogP contribution >= 0.6 is 11.6 Å². The number of rotatable bonds is 5. The summed E-state index contributed by atoms with van der Waals surface area (Å²) in [6.45, 7) is 1.88. The molecule has 0 aliphatic heterocycles. The number of anilines is 2. The molecule has 31 heavy (non-hydrogen) atoms. The number of amidine groups is 1. The lowest BCUT2D eigenvalue weighted by atomic mass is 10.1. The third-order valence-electron chi connectivity index (χ3n) is 4.64. The van der Waals surface area contributed by atoms with Gasteiger partial charge in [-0.05, 0) is 55.5 Å². The summed E-state index contributed by atoms with van der Waals surface area (Å²) in [5, 5.41) is 14.2. The van der Waals surface area contributed by atoms with Gasteiger partial charge in [0.1, 0.15) is 5.84 Å². The van der Waals surface area contributed by atoms with Gasteiger partial charge in [0.2, 0.25) is 0 Å². The number of amides is 2. The van der Waals surface area contributed by atoms with E-state index >= 15 is 0 Å². The molecule has 0 unspecified atom stereocenters. The lowest BCUT2D eigenvalue weighted by Gasteiger charge is -2.15. The fraction of sp³-hybridized carbons (Fsp3) is 0.125. The first-order valence-electron chi connectivity index (χ1n) is 9.60. The van der Waals surface area contributed by atoms with E-state index < -0.39 is 0 Å². The molecule has 3 aromatic rings. The Balaban J connectivity index is 1.80. The van der Waals surface area contributed by atoms with Gasteiger partial charge in [0.05, 0.1) is 11.3 Å². The van der Waals surface area contributed by atoms with Crippen molar-refractivity contribution in [3.63, 3.8) is 0 Å². The first kappa shape index (κ1) is 22.1. The molecule has 0 radical (unpaired) electrons. The topological polar surface area (TPSA) is 85.3 Å². The van der Waals surface area contributed by atoms with Gasteiger partial charge in [-0.3, -0.25) is 15.0 Å².